The minimum absolute atomic E-state index is 0.0114. The van der Waals surface area contributed by atoms with Crippen molar-refractivity contribution in [1.29, 1.82) is 0 Å². The van der Waals surface area contributed by atoms with E-state index in [1.165, 1.54) is 6.07 Å². The predicted octanol–water partition coefficient (Wildman–Crippen LogP) is 1.79. The summed E-state index contributed by atoms with van der Waals surface area (Å²) in [6, 6.07) is 9.64. The lowest BCUT2D eigenvalue weighted by atomic mass is 10.1. The van der Waals surface area contributed by atoms with Crippen LogP contribution >= 0.6 is 11.6 Å². The van der Waals surface area contributed by atoms with Crippen LogP contribution in [0.4, 0.5) is 4.39 Å². The van der Waals surface area contributed by atoms with E-state index in [1.54, 1.807) is 24.3 Å². The molecule has 0 atom stereocenters. The van der Waals surface area contributed by atoms with Crippen molar-refractivity contribution in [3.63, 3.8) is 0 Å². The molecular formula is C16H10ClFN4O3. The Kier molecular flexibility index (Phi) is 4.44. The van der Waals surface area contributed by atoms with Crippen LogP contribution in [0.3, 0.4) is 0 Å². The van der Waals surface area contributed by atoms with E-state index < -0.39 is 23.2 Å². The molecule has 0 aliphatic carbocycles. The minimum atomic E-state index is -0.737. The number of carbonyl (C=O) groups excluding carboxylic acids is 2. The number of carbonyl (C=O) groups is 2. The van der Waals surface area contributed by atoms with Gasteiger partial charge in [-0.15, -0.1) is 0 Å². The predicted molar refractivity (Wildman–Crippen MR) is 88.7 cm³/mol. The summed E-state index contributed by atoms with van der Waals surface area (Å²) in [6.07, 6.45) is 0. The lowest BCUT2D eigenvalue weighted by Gasteiger charge is -2.09. The van der Waals surface area contributed by atoms with Crippen molar-refractivity contribution in [3.8, 4) is 0 Å². The van der Waals surface area contributed by atoms with Gasteiger partial charge in [0.05, 0.1) is 16.0 Å². The highest BCUT2D eigenvalue weighted by Gasteiger charge is 2.16. The summed E-state index contributed by atoms with van der Waals surface area (Å²) in [5.74, 6) is -2.05. The number of amides is 2. The van der Waals surface area contributed by atoms with E-state index in [0.717, 1.165) is 12.1 Å². The minimum Gasteiger partial charge on any atom is -0.267 e. The number of nitrogens with one attached hydrogen (secondary N) is 3. The molecule has 0 bridgehead atoms. The van der Waals surface area contributed by atoms with E-state index in [2.05, 4.69) is 21.0 Å². The molecule has 126 valence electrons. The molecule has 0 unspecified atom stereocenters. The van der Waals surface area contributed by atoms with Gasteiger partial charge in [0, 0.05) is 5.39 Å². The summed E-state index contributed by atoms with van der Waals surface area (Å²) in [4.78, 5) is 36.0. The van der Waals surface area contributed by atoms with E-state index in [4.69, 9.17) is 11.6 Å². The zero-order chi connectivity index (χ0) is 18.0. The van der Waals surface area contributed by atoms with Gasteiger partial charge in [-0.1, -0.05) is 29.8 Å². The number of nitrogens with zero attached hydrogens (tertiary/aromatic N) is 1. The van der Waals surface area contributed by atoms with Gasteiger partial charge in [0.1, 0.15) is 5.82 Å². The van der Waals surface area contributed by atoms with E-state index in [0.29, 0.717) is 5.39 Å². The van der Waals surface area contributed by atoms with Gasteiger partial charge in [-0.05, 0) is 24.3 Å². The molecule has 3 N–H and O–H groups in total. The van der Waals surface area contributed by atoms with Gasteiger partial charge in [-0.25, -0.2) is 9.49 Å². The number of aromatic amines is 1. The molecule has 25 heavy (non-hydrogen) atoms. The van der Waals surface area contributed by atoms with Gasteiger partial charge in [0.25, 0.3) is 17.4 Å². The molecule has 3 aromatic rings. The number of benzene rings is 2. The lowest BCUT2D eigenvalue weighted by molar-refractivity contribution is 0.0844. The highest BCUT2D eigenvalue weighted by atomic mass is 35.5. The second kappa shape index (κ2) is 6.70. The molecule has 1 heterocycles. The monoisotopic (exact) mass is 360 g/mol. The second-order valence-corrected chi connectivity index (χ2v) is 5.39. The Balaban J connectivity index is 1.80. The Morgan fingerprint density at radius 1 is 1.04 bits per heavy atom. The van der Waals surface area contributed by atoms with Gasteiger partial charge in [-0.3, -0.25) is 25.2 Å². The molecular weight excluding hydrogens is 351 g/mol. The second-order valence-electron chi connectivity index (χ2n) is 4.98. The smallest absolute Gasteiger partial charge is 0.267 e. The number of hydrogen-bond acceptors (Lipinski definition) is 4. The summed E-state index contributed by atoms with van der Waals surface area (Å²) in [5, 5.41) is 6.45. The molecule has 0 fully saturated rings. The molecule has 0 aliphatic heterocycles. The standard InChI is InChI=1S/C16H10ClFN4O3/c17-12-7-8(18)5-6-11(12)15(24)21-22-16(25)13-9-3-1-2-4-10(9)14(23)20-19-13/h1-7H,(H,20,23)(H,21,24)(H,22,25). The van der Waals surface area contributed by atoms with Crippen LogP contribution in [0.5, 0.6) is 0 Å². The fourth-order valence-electron chi connectivity index (χ4n) is 2.20. The molecule has 2 aromatic carbocycles. The summed E-state index contributed by atoms with van der Waals surface area (Å²) in [6.45, 7) is 0. The van der Waals surface area contributed by atoms with E-state index in [9.17, 15) is 18.8 Å². The van der Waals surface area contributed by atoms with Crippen LogP contribution in [-0.4, -0.2) is 22.0 Å². The molecule has 0 saturated heterocycles. The van der Waals surface area contributed by atoms with Crippen LogP contribution < -0.4 is 16.4 Å². The van der Waals surface area contributed by atoms with E-state index >= 15 is 0 Å². The van der Waals surface area contributed by atoms with Gasteiger partial charge >= 0.3 is 0 Å². The normalized spacial score (nSPS) is 10.5. The molecule has 7 nitrogen and oxygen atoms in total. The summed E-state index contributed by atoms with van der Waals surface area (Å²) in [5.41, 5.74) is 3.82. The van der Waals surface area contributed by atoms with Gasteiger partial charge in [0.15, 0.2) is 5.69 Å². The zero-order valence-corrected chi connectivity index (χ0v) is 13.2. The van der Waals surface area contributed by atoms with Crippen LogP contribution in [0, 0.1) is 5.82 Å². The summed E-state index contributed by atoms with van der Waals surface area (Å²) < 4.78 is 13.0. The highest BCUT2D eigenvalue weighted by molar-refractivity contribution is 6.33. The van der Waals surface area contributed by atoms with Crippen molar-refractivity contribution >= 4 is 34.2 Å². The molecule has 1 aromatic heterocycles. The number of H-pyrrole nitrogens is 1. The SMILES string of the molecule is O=C(NNC(=O)c1n[nH]c(=O)c2ccccc12)c1ccc(F)cc1Cl. The van der Waals surface area contributed by atoms with Crippen molar-refractivity contribution in [2.24, 2.45) is 0 Å². The molecule has 0 radical (unpaired) electrons. The third-order valence-electron chi connectivity index (χ3n) is 3.38. The van der Waals surface area contributed by atoms with Gasteiger partial charge in [0.2, 0.25) is 0 Å². The molecule has 9 heteroatoms. The first-order valence-electron chi connectivity index (χ1n) is 7.00. The fourth-order valence-corrected chi connectivity index (χ4v) is 2.45. The van der Waals surface area contributed by atoms with Gasteiger partial charge < -0.3 is 0 Å². The van der Waals surface area contributed by atoms with Crippen molar-refractivity contribution < 1.29 is 14.0 Å². The van der Waals surface area contributed by atoms with Crippen molar-refractivity contribution in [2.45, 2.75) is 0 Å². The number of hydrazine groups is 1. The first kappa shape index (κ1) is 16.6. The quantitative estimate of drug-likeness (QED) is 0.606. The summed E-state index contributed by atoms with van der Waals surface area (Å²) >= 11 is 5.79. The molecule has 2 amide bonds. The maximum atomic E-state index is 13.0. The number of aromatic nitrogens is 2. The average Bonchev–Trinajstić information content (AvgIpc) is 2.60. The third-order valence-corrected chi connectivity index (χ3v) is 3.69. The maximum absolute atomic E-state index is 13.0. The Labute approximate surface area is 144 Å². The first-order chi connectivity index (χ1) is 12.0. The van der Waals surface area contributed by atoms with Crippen molar-refractivity contribution in [1.82, 2.24) is 21.0 Å². The topological polar surface area (TPSA) is 104 Å². The Morgan fingerprint density at radius 2 is 1.72 bits per heavy atom. The van der Waals surface area contributed by atoms with Crippen LogP contribution in [0.25, 0.3) is 10.8 Å². The Bertz CT molecular complexity index is 1050. The number of hydrogen-bond donors (Lipinski definition) is 3. The number of halogens is 2. The van der Waals surface area contributed by atoms with Gasteiger partial charge in [-0.2, -0.15) is 5.10 Å². The lowest BCUT2D eigenvalue weighted by Crippen LogP contribution is -2.42. The number of fused-ring (bicyclic) bond motifs is 1. The van der Waals surface area contributed by atoms with Crippen LogP contribution in [0.1, 0.15) is 20.8 Å². The van der Waals surface area contributed by atoms with Crippen molar-refractivity contribution in [2.75, 3.05) is 0 Å². The molecule has 0 spiro atoms. The van der Waals surface area contributed by atoms with Crippen LogP contribution in [-0.2, 0) is 0 Å². The molecule has 0 saturated carbocycles. The summed E-state index contributed by atoms with van der Waals surface area (Å²) in [7, 11) is 0. The zero-order valence-electron chi connectivity index (χ0n) is 12.5. The number of rotatable bonds is 2. The van der Waals surface area contributed by atoms with Crippen LogP contribution in [0.15, 0.2) is 47.3 Å². The maximum Gasteiger partial charge on any atom is 0.290 e. The fraction of sp³-hybridized carbons (Fsp3) is 0. The highest BCUT2D eigenvalue weighted by Crippen LogP contribution is 2.17. The largest absolute Gasteiger partial charge is 0.290 e. The Morgan fingerprint density at radius 3 is 2.44 bits per heavy atom. The first-order valence-corrected chi connectivity index (χ1v) is 7.38. The Hall–Kier alpha value is -3.26. The van der Waals surface area contributed by atoms with E-state index in [1.807, 2.05) is 0 Å². The average molecular weight is 361 g/mol. The van der Waals surface area contributed by atoms with Crippen LogP contribution in [0.2, 0.25) is 5.02 Å². The molecule has 0 aliphatic rings. The van der Waals surface area contributed by atoms with E-state index in [-0.39, 0.29) is 21.7 Å². The van der Waals surface area contributed by atoms with Crippen molar-refractivity contribution in [3.05, 3.63) is 74.9 Å². The third kappa shape index (κ3) is 3.33. The molecule has 3 rings (SSSR count).